The van der Waals surface area contributed by atoms with E-state index >= 15 is 0 Å². The Kier molecular flexibility index (Phi) is 3.76. The van der Waals surface area contributed by atoms with Crippen LogP contribution in [0.2, 0.25) is 0 Å². The van der Waals surface area contributed by atoms with Crippen LogP contribution >= 0.6 is 11.3 Å². The molecule has 2 heterocycles. The minimum atomic E-state index is 0.135. The number of hydrogen-bond acceptors (Lipinski definition) is 4. The van der Waals surface area contributed by atoms with Crippen molar-refractivity contribution in [3.8, 4) is 0 Å². The van der Waals surface area contributed by atoms with E-state index in [1.165, 1.54) is 16.3 Å². The molecule has 4 heteroatoms. The summed E-state index contributed by atoms with van der Waals surface area (Å²) in [6.07, 6.45) is 3.76. The Labute approximate surface area is 122 Å². The molecule has 0 aliphatic rings. The monoisotopic (exact) mass is 283 g/mol. The molecule has 102 valence electrons. The van der Waals surface area contributed by atoms with Crippen LogP contribution in [0.5, 0.6) is 0 Å². The van der Waals surface area contributed by atoms with Gasteiger partial charge in [-0.05, 0) is 30.5 Å². The van der Waals surface area contributed by atoms with Crippen LogP contribution in [-0.4, -0.2) is 16.5 Å². The second-order valence-corrected chi connectivity index (χ2v) is 5.79. The molecule has 1 atom stereocenters. The summed E-state index contributed by atoms with van der Waals surface area (Å²) < 4.78 is 0. The topological polar surface area (TPSA) is 37.8 Å². The Bertz CT molecular complexity index is 715. The number of aryl methyl sites for hydroxylation is 1. The van der Waals surface area contributed by atoms with E-state index in [2.05, 4.69) is 51.9 Å². The molecule has 3 aromatic rings. The van der Waals surface area contributed by atoms with Gasteiger partial charge >= 0.3 is 0 Å². The molecular weight excluding hydrogens is 266 g/mol. The number of nitrogens with one attached hydrogen (secondary N) is 1. The van der Waals surface area contributed by atoms with Gasteiger partial charge in [0.2, 0.25) is 0 Å². The molecule has 0 saturated heterocycles. The minimum absolute atomic E-state index is 0.135. The van der Waals surface area contributed by atoms with E-state index in [0.717, 1.165) is 17.2 Å². The Morgan fingerprint density at radius 2 is 2.20 bits per heavy atom. The lowest BCUT2D eigenvalue weighted by atomic mass is 9.98. The number of benzene rings is 1. The molecule has 1 unspecified atom stereocenters. The first-order chi connectivity index (χ1) is 9.79. The molecule has 0 spiro atoms. The number of nitrogens with zero attached hydrogens (tertiary/aromatic N) is 2. The van der Waals surface area contributed by atoms with Gasteiger partial charge in [0.05, 0.1) is 16.7 Å². The maximum atomic E-state index is 4.65. The van der Waals surface area contributed by atoms with Gasteiger partial charge in [-0.3, -0.25) is 4.98 Å². The quantitative estimate of drug-likeness (QED) is 0.793. The van der Waals surface area contributed by atoms with Crippen molar-refractivity contribution in [2.45, 2.75) is 19.9 Å². The summed E-state index contributed by atoms with van der Waals surface area (Å²) in [7, 11) is 0. The van der Waals surface area contributed by atoms with Crippen molar-refractivity contribution in [2.75, 3.05) is 6.54 Å². The summed E-state index contributed by atoms with van der Waals surface area (Å²) in [5.74, 6) is 0. The highest BCUT2D eigenvalue weighted by molar-refractivity contribution is 7.09. The van der Waals surface area contributed by atoms with E-state index < -0.39 is 0 Å². The van der Waals surface area contributed by atoms with Crippen molar-refractivity contribution in [1.29, 1.82) is 0 Å². The summed E-state index contributed by atoms with van der Waals surface area (Å²) in [5, 5.41) is 9.19. The number of fused-ring (bicyclic) bond motifs is 1. The zero-order valence-electron chi connectivity index (χ0n) is 11.6. The van der Waals surface area contributed by atoms with E-state index in [1.807, 2.05) is 19.3 Å². The maximum Gasteiger partial charge on any atom is 0.0898 e. The van der Waals surface area contributed by atoms with Crippen molar-refractivity contribution in [1.82, 2.24) is 15.3 Å². The SMILES string of the molecule is CCNC(c1csc(C)n1)c1cccc2cnccc12. The van der Waals surface area contributed by atoms with Gasteiger partial charge in [0.25, 0.3) is 0 Å². The van der Waals surface area contributed by atoms with Crippen LogP contribution in [0.25, 0.3) is 10.8 Å². The van der Waals surface area contributed by atoms with E-state index in [-0.39, 0.29) is 6.04 Å². The van der Waals surface area contributed by atoms with Crippen LogP contribution in [-0.2, 0) is 0 Å². The van der Waals surface area contributed by atoms with Crippen molar-refractivity contribution in [2.24, 2.45) is 0 Å². The van der Waals surface area contributed by atoms with Crippen molar-refractivity contribution in [3.05, 3.63) is 58.3 Å². The lowest BCUT2D eigenvalue weighted by Crippen LogP contribution is -2.22. The van der Waals surface area contributed by atoms with Crippen LogP contribution in [0, 0.1) is 6.92 Å². The largest absolute Gasteiger partial charge is 0.305 e. The smallest absolute Gasteiger partial charge is 0.0898 e. The Morgan fingerprint density at radius 1 is 1.30 bits per heavy atom. The fourth-order valence-electron chi connectivity index (χ4n) is 2.49. The minimum Gasteiger partial charge on any atom is -0.305 e. The standard InChI is InChI=1S/C16H17N3S/c1-3-18-16(15-10-20-11(2)19-15)14-6-4-5-12-9-17-8-7-13(12)14/h4-10,16,18H,3H2,1-2H3. The molecule has 0 aliphatic carbocycles. The fourth-order valence-corrected chi connectivity index (χ4v) is 3.13. The molecule has 20 heavy (non-hydrogen) atoms. The van der Waals surface area contributed by atoms with Crippen LogP contribution in [0.3, 0.4) is 0 Å². The van der Waals surface area contributed by atoms with Crippen molar-refractivity contribution < 1.29 is 0 Å². The molecule has 1 N–H and O–H groups in total. The van der Waals surface area contributed by atoms with Crippen molar-refractivity contribution >= 4 is 22.1 Å². The van der Waals surface area contributed by atoms with Gasteiger partial charge in [-0.25, -0.2) is 4.98 Å². The van der Waals surface area contributed by atoms with Gasteiger partial charge in [0.1, 0.15) is 0 Å². The number of rotatable bonds is 4. The molecule has 0 aliphatic heterocycles. The van der Waals surface area contributed by atoms with Gasteiger partial charge < -0.3 is 5.32 Å². The first-order valence-electron chi connectivity index (χ1n) is 6.77. The van der Waals surface area contributed by atoms with E-state index in [0.29, 0.717) is 0 Å². The number of aromatic nitrogens is 2. The molecule has 0 amide bonds. The van der Waals surface area contributed by atoms with Gasteiger partial charge in [-0.15, -0.1) is 11.3 Å². The first-order valence-corrected chi connectivity index (χ1v) is 7.65. The lowest BCUT2D eigenvalue weighted by molar-refractivity contribution is 0.621. The average molecular weight is 283 g/mol. The summed E-state index contributed by atoms with van der Waals surface area (Å²) in [6.45, 7) is 5.08. The summed E-state index contributed by atoms with van der Waals surface area (Å²) in [6, 6.07) is 8.57. The van der Waals surface area contributed by atoms with E-state index in [9.17, 15) is 0 Å². The van der Waals surface area contributed by atoms with Gasteiger partial charge in [-0.2, -0.15) is 0 Å². The first kappa shape index (κ1) is 13.2. The van der Waals surface area contributed by atoms with Gasteiger partial charge in [0.15, 0.2) is 0 Å². The molecular formula is C16H17N3S. The lowest BCUT2D eigenvalue weighted by Gasteiger charge is -2.18. The van der Waals surface area contributed by atoms with Crippen LogP contribution in [0.1, 0.15) is 29.2 Å². The highest BCUT2D eigenvalue weighted by atomic mass is 32.1. The van der Waals surface area contributed by atoms with Gasteiger partial charge in [0, 0.05) is 23.2 Å². The zero-order valence-corrected chi connectivity index (χ0v) is 12.4. The molecule has 1 aromatic carbocycles. The molecule has 2 aromatic heterocycles. The number of hydrogen-bond donors (Lipinski definition) is 1. The third-order valence-corrected chi connectivity index (χ3v) is 4.16. The van der Waals surface area contributed by atoms with Crippen molar-refractivity contribution in [3.63, 3.8) is 0 Å². The van der Waals surface area contributed by atoms with E-state index in [1.54, 1.807) is 11.3 Å². The highest BCUT2D eigenvalue weighted by Crippen LogP contribution is 2.29. The maximum absolute atomic E-state index is 4.65. The normalized spacial score (nSPS) is 12.7. The third-order valence-electron chi connectivity index (χ3n) is 3.37. The molecule has 0 bridgehead atoms. The van der Waals surface area contributed by atoms with Crippen LogP contribution in [0.4, 0.5) is 0 Å². The molecule has 3 nitrogen and oxygen atoms in total. The number of pyridine rings is 1. The zero-order chi connectivity index (χ0) is 13.9. The molecule has 0 saturated carbocycles. The molecule has 0 radical (unpaired) electrons. The Hall–Kier alpha value is -1.78. The van der Waals surface area contributed by atoms with Gasteiger partial charge in [-0.1, -0.05) is 25.1 Å². The predicted octanol–water partition coefficient (Wildman–Crippen LogP) is 3.70. The highest BCUT2D eigenvalue weighted by Gasteiger charge is 2.17. The summed E-state index contributed by atoms with van der Waals surface area (Å²) in [4.78, 5) is 8.86. The Balaban J connectivity index is 2.14. The summed E-state index contributed by atoms with van der Waals surface area (Å²) >= 11 is 1.70. The fraction of sp³-hybridized carbons (Fsp3) is 0.250. The second-order valence-electron chi connectivity index (χ2n) is 4.73. The number of thiazole rings is 1. The molecule has 0 fully saturated rings. The average Bonchev–Trinajstić information content (AvgIpc) is 2.91. The van der Waals surface area contributed by atoms with Crippen LogP contribution in [0.15, 0.2) is 42.0 Å². The van der Waals surface area contributed by atoms with E-state index in [4.69, 9.17) is 0 Å². The molecule has 3 rings (SSSR count). The predicted molar refractivity (Wildman–Crippen MR) is 84.1 cm³/mol. The summed E-state index contributed by atoms with van der Waals surface area (Å²) in [5.41, 5.74) is 2.36. The Morgan fingerprint density at radius 3 is 2.95 bits per heavy atom. The van der Waals surface area contributed by atoms with Crippen LogP contribution < -0.4 is 5.32 Å². The third kappa shape index (κ3) is 2.44. The second kappa shape index (κ2) is 5.69.